The number of pyridine rings is 1. The van der Waals surface area contributed by atoms with Crippen molar-refractivity contribution >= 4 is 22.9 Å². The van der Waals surface area contributed by atoms with Gasteiger partial charge in [-0.05, 0) is 18.2 Å². The summed E-state index contributed by atoms with van der Waals surface area (Å²) in [6.07, 6.45) is 2.13. The molecule has 0 aliphatic rings. The lowest BCUT2D eigenvalue weighted by molar-refractivity contribution is 0.252. The van der Waals surface area contributed by atoms with Crippen LogP contribution in [0.4, 0.5) is 10.6 Å². The number of ether oxygens (including phenoxy) is 1. The molecule has 126 valence electrons. The first-order valence-corrected chi connectivity index (χ1v) is 7.76. The van der Waals surface area contributed by atoms with Gasteiger partial charge in [0.2, 0.25) is 0 Å². The molecule has 0 spiro atoms. The molecule has 0 radical (unpaired) electrons. The summed E-state index contributed by atoms with van der Waals surface area (Å²) in [5, 5.41) is 14.6. The summed E-state index contributed by atoms with van der Waals surface area (Å²) in [6, 6.07) is 13.0. The Kier molecular flexibility index (Phi) is 4.81. The molecule has 0 aliphatic heterocycles. The van der Waals surface area contributed by atoms with Crippen LogP contribution in [0.25, 0.3) is 22.2 Å². The SMILES string of the molecule is COc1ccccc1-c1c[nH]c2nc(NC(=O)NCCC#N)ccc12. The van der Waals surface area contributed by atoms with Crippen LogP contribution in [0.5, 0.6) is 5.75 Å². The number of anilines is 1. The van der Waals surface area contributed by atoms with E-state index in [2.05, 4.69) is 20.6 Å². The van der Waals surface area contributed by atoms with Crippen LogP contribution in [-0.2, 0) is 0 Å². The van der Waals surface area contributed by atoms with Crippen LogP contribution in [0.2, 0.25) is 0 Å². The fourth-order valence-electron chi connectivity index (χ4n) is 2.56. The first-order chi connectivity index (χ1) is 12.2. The van der Waals surface area contributed by atoms with Gasteiger partial charge in [-0.1, -0.05) is 18.2 Å². The maximum Gasteiger partial charge on any atom is 0.320 e. The summed E-state index contributed by atoms with van der Waals surface area (Å²) in [5.74, 6) is 1.21. The highest BCUT2D eigenvalue weighted by Gasteiger charge is 2.12. The second kappa shape index (κ2) is 7.36. The minimum Gasteiger partial charge on any atom is -0.496 e. The first-order valence-electron chi connectivity index (χ1n) is 7.76. The van der Waals surface area contributed by atoms with E-state index in [1.54, 1.807) is 13.2 Å². The molecular weight excluding hydrogens is 318 g/mol. The Bertz CT molecular complexity index is 942. The Hall–Kier alpha value is -3.53. The molecule has 0 saturated heterocycles. The number of para-hydroxylation sites is 1. The fourth-order valence-corrected chi connectivity index (χ4v) is 2.56. The lowest BCUT2D eigenvalue weighted by Gasteiger charge is -2.08. The number of urea groups is 1. The van der Waals surface area contributed by atoms with Crippen LogP contribution < -0.4 is 15.4 Å². The second-order valence-corrected chi connectivity index (χ2v) is 5.28. The van der Waals surface area contributed by atoms with Crippen molar-refractivity contribution in [1.82, 2.24) is 15.3 Å². The third kappa shape index (κ3) is 3.53. The normalized spacial score (nSPS) is 10.2. The Morgan fingerprint density at radius 1 is 1.28 bits per heavy atom. The third-order valence-corrected chi connectivity index (χ3v) is 3.70. The highest BCUT2D eigenvalue weighted by atomic mass is 16.5. The Morgan fingerprint density at radius 2 is 2.12 bits per heavy atom. The molecule has 25 heavy (non-hydrogen) atoms. The molecule has 0 unspecified atom stereocenters. The molecule has 2 amide bonds. The number of H-pyrrole nitrogens is 1. The van der Waals surface area contributed by atoms with E-state index >= 15 is 0 Å². The molecular formula is C18H17N5O2. The second-order valence-electron chi connectivity index (χ2n) is 5.28. The average Bonchev–Trinajstić information content (AvgIpc) is 3.05. The van der Waals surface area contributed by atoms with Crippen molar-refractivity contribution in [2.45, 2.75) is 6.42 Å². The molecule has 2 aromatic heterocycles. The van der Waals surface area contributed by atoms with Crippen molar-refractivity contribution in [3.8, 4) is 22.9 Å². The maximum absolute atomic E-state index is 11.7. The third-order valence-electron chi connectivity index (χ3n) is 3.70. The molecule has 3 rings (SSSR count). The van der Waals surface area contributed by atoms with Gasteiger partial charge in [-0.3, -0.25) is 5.32 Å². The number of aromatic amines is 1. The van der Waals surface area contributed by atoms with Gasteiger partial charge in [-0.25, -0.2) is 9.78 Å². The minimum atomic E-state index is -0.390. The monoisotopic (exact) mass is 335 g/mol. The summed E-state index contributed by atoms with van der Waals surface area (Å²) in [6.45, 7) is 0.297. The number of fused-ring (bicyclic) bond motifs is 1. The quantitative estimate of drug-likeness (QED) is 0.623. The number of nitrogens with one attached hydrogen (secondary N) is 3. The van der Waals surface area contributed by atoms with Crippen molar-refractivity contribution in [3.63, 3.8) is 0 Å². The fraction of sp³-hybridized carbons (Fsp3) is 0.167. The number of methoxy groups -OCH3 is 1. The standard InChI is InChI=1S/C18H17N5O2/c1-25-15-6-3-2-5-12(15)14-11-21-17-13(14)7-8-16(22-17)23-18(24)20-10-4-9-19/h2-3,5-8,11H,4,10H2,1H3,(H3,20,21,22,23,24). The van der Waals surface area contributed by atoms with Gasteiger partial charge in [0.25, 0.3) is 0 Å². The molecule has 0 atom stereocenters. The van der Waals surface area contributed by atoms with Crippen LogP contribution in [0, 0.1) is 11.3 Å². The number of rotatable bonds is 5. The average molecular weight is 335 g/mol. The van der Waals surface area contributed by atoms with E-state index in [1.807, 2.05) is 42.6 Å². The van der Waals surface area contributed by atoms with E-state index in [0.29, 0.717) is 18.0 Å². The van der Waals surface area contributed by atoms with Crippen LogP contribution in [0.15, 0.2) is 42.6 Å². The molecule has 0 bridgehead atoms. The molecule has 3 aromatic rings. The van der Waals surface area contributed by atoms with Crippen molar-refractivity contribution in [1.29, 1.82) is 5.26 Å². The number of amides is 2. The van der Waals surface area contributed by atoms with Crippen molar-refractivity contribution in [3.05, 3.63) is 42.6 Å². The maximum atomic E-state index is 11.7. The zero-order valence-corrected chi connectivity index (χ0v) is 13.7. The van der Waals surface area contributed by atoms with Gasteiger partial charge in [0.1, 0.15) is 17.2 Å². The van der Waals surface area contributed by atoms with E-state index in [1.165, 1.54) is 0 Å². The van der Waals surface area contributed by atoms with E-state index in [4.69, 9.17) is 10.00 Å². The van der Waals surface area contributed by atoms with Crippen molar-refractivity contribution in [2.75, 3.05) is 19.0 Å². The van der Waals surface area contributed by atoms with Crippen LogP contribution in [0.1, 0.15) is 6.42 Å². The number of hydrogen-bond acceptors (Lipinski definition) is 4. The lowest BCUT2D eigenvalue weighted by atomic mass is 10.0. The van der Waals surface area contributed by atoms with Crippen molar-refractivity contribution in [2.24, 2.45) is 0 Å². The largest absolute Gasteiger partial charge is 0.496 e. The number of hydrogen-bond donors (Lipinski definition) is 3. The van der Waals surface area contributed by atoms with Crippen LogP contribution >= 0.6 is 0 Å². The van der Waals surface area contributed by atoms with Crippen LogP contribution in [0.3, 0.4) is 0 Å². The van der Waals surface area contributed by atoms with Gasteiger partial charge < -0.3 is 15.0 Å². The molecule has 0 saturated carbocycles. The first kappa shape index (κ1) is 16.3. The number of benzene rings is 1. The summed E-state index contributed by atoms with van der Waals surface area (Å²) in [4.78, 5) is 19.3. The zero-order chi connectivity index (χ0) is 17.6. The zero-order valence-electron chi connectivity index (χ0n) is 13.7. The van der Waals surface area contributed by atoms with E-state index in [0.717, 1.165) is 22.3 Å². The number of nitriles is 1. The molecule has 7 nitrogen and oxygen atoms in total. The Morgan fingerprint density at radius 3 is 2.92 bits per heavy atom. The Labute approximate surface area is 144 Å². The Balaban J connectivity index is 1.84. The number of nitrogens with zero attached hydrogens (tertiary/aromatic N) is 2. The van der Waals surface area contributed by atoms with Gasteiger partial charge in [-0.15, -0.1) is 0 Å². The molecule has 3 N–H and O–H groups in total. The van der Waals surface area contributed by atoms with Crippen molar-refractivity contribution < 1.29 is 9.53 Å². The number of carbonyl (C=O) groups is 1. The van der Waals surface area contributed by atoms with E-state index < -0.39 is 6.03 Å². The predicted octanol–water partition coefficient (Wildman–Crippen LogP) is 3.27. The lowest BCUT2D eigenvalue weighted by Crippen LogP contribution is -2.29. The molecule has 0 aliphatic carbocycles. The number of aromatic nitrogens is 2. The summed E-state index contributed by atoms with van der Waals surface area (Å²) in [7, 11) is 1.64. The summed E-state index contributed by atoms with van der Waals surface area (Å²) in [5.41, 5.74) is 2.61. The summed E-state index contributed by atoms with van der Waals surface area (Å²) < 4.78 is 5.42. The van der Waals surface area contributed by atoms with Gasteiger partial charge in [0.05, 0.1) is 19.6 Å². The van der Waals surface area contributed by atoms with E-state index in [9.17, 15) is 4.79 Å². The van der Waals surface area contributed by atoms with E-state index in [-0.39, 0.29) is 6.42 Å². The van der Waals surface area contributed by atoms with Gasteiger partial charge in [0.15, 0.2) is 0 Å². The van der Waals surface area contributed by atoms with Gasteiger partial charge >= 0.3 is 6.03 Å². The highest BCUT2D eigenvalue weighted by molar-refractivity contribution is 5.97. The molecule has 7 heteroatoms. The summed E-state index contributed by atoms with van der Waals surface area (Å²) >= 11 is 0. The van der Waals surface area contributed by atoms with Crippen LogP contribution in [-0.4, -0.2) is 29.7 Å². The predicted molar refractivity (Wildman–Crippen MR) is 95.3 cm³/mol. The molecule has 0 fully saturated rings. The molecule has 2 heterocycles. The molecule has 1 aromatic carbocycles. The highest BCUT2D eigenvalue weighted by Crippen LogP contribution is 2.34. The van der Waals surface area contributed by atoms with Gasteiger partial charge in [0, 0.05) is 29.3 Å². The topological polar surface area (TPSA) is 103 Å². The smallest absolute Gasteiger partial charge is 0.320 e. The number of carbonyl (C=O) groups excluding carboxylic acids is 1. The van der Waals surface area contributed by atoms with Gasteiger partial charge in [-0.2, -0.15) is 5.26 Å². The minimum absolute atomic E-state index is 0.263.